The standard InChI is InChI=1S/C31H41FO2/c1-3-4-5-6-7-8-23-11-12-25-20-26(14-13-24(25)19-23)29-18-15-27(21-30(29)32)31(33)34-28-16-9-22(2)10-17-28/h9-10,15-18,21,23-26H,3-8,11-14,19-20H2,1-2H3/t23-,24-,25+,26?/m0/s1. The molecule has 2 fully saturated rings. The van der Waals surface area contributed by atoms with Crippen LogP contribution in [0.15, 0.2) is 42.5 Å². The Bertz CT molecular complexity index is 935. The quantitative estimate of drug-likeness (QED) is 0.210. The fourth-order valence-electron chi connectivity index (χ4n) is 6.33. The smallest absolute Gasteiger partial charge is 0.343 e. The number of carbonyl (C=O) groups is 1. The van der Waals surface area contributed by atoms with Gasteiger partial charge in [0, 0.05) is 0 Å². The largest absolute Gasteiger partial charge is 0.423 e. The van der Waals surface area contributed by atoms with Crippen LogP contribution >= 0.6 is 0 Å². The van der Waals surface area contributed by atoms with E-state index in [1.54, 1.807) is 18.2 Å². The molecule has 2 nitrogen and oxygen atoms in total. The predicted octanol–water partition coefficient (Wildman–Crippen LogP) is 9.01. The Kier molecular flexibility index (Phi) is 8.80. The first-order valence-electron chi connectivity index (χ1n) is 13.6. The minimum atomic E-state index is -0.508. The zero-order valence-corrected chi connectivity index (χ0v) is 21.0. The zero-order valence-electron chi connectivity index (χ0n) is 21.0. The number of aryl methyl sites for hydroxylation is 1. The number of fused-ring (bicyclic) bond motifs is 1. The molecule has 0 saturated heterocycles. The predicted molar refractivity (Wildman–Crippen MR) is 137 cm³/mol. The summed E-state index contributed by atoms with van der Waals surface area (Å²) in [6, 6.07) is 12.2. The number of hydrogen-bond donors (Lipinski definition) is 0. The Morgan fingerprint density at radius 2 is 1.65 bits per heavy atom. The molecule has 0 aliphatic heterocycles. The summed E-state index contributed by atoms with van der Waals surface area (Å²) < 4.78 is 20.5. The summed E-state index contributed by atoms with van der Waals surface area (Å²) in [4.78, 5) is 12.5. The van der Waals surface area contributed by atoms with Gasteiger partial charge in [-0.15, -0.1) is 0 Å². The highest BCUT2D eigenvalue weighted by Gasteiger charge is 2.36. The van der Waals surface area contributed by atoms with Crippen molar-refractivity contribution in [1.82, 2.24) is 0 Å². The second kappa shape index (κ2) is 12.0. The van der Waals surface area contributed by atoms with Crippen molar-refractivity contribution < 1.29 is 13.9 Å². The van der Waals surface area contributed by atoms with Crippen LogP contribution in [0.4, 0.5) is 4.39 Å². The summed E-state index contributed by atoms with van der Waals surface area (Å²) in [5.41, 5.74) is 2.15. The fourth-order valence-corrected chi connectivity index (χ4v) is 6.33. The first-order valence-corrected chi connectivity index (χ1v) is 13.6. The summed E-state index contributed by atoms with van der Waals surface area (Å²) in [6.45, 7) is 4.26. The molecule has 0 aromatic heterocycles. The maximum atomic E-state index is 15.1. The van der Waals surface area contributed by atoms with Crippen LogP contribution in [0.1, 0.15) is 111 Å². The van der Waals surface area contributed by atoms with Crippen LogP contribution in [0.25, 0.3) is 0 Å². The molecule has 3 heteroatoms. The summed E-state index contributed by atoms with van der Waals surface area (Å²) in [6.07, 6.45) is 15.7. The molecule has 0 N–H and O–H groups in total. The minimum absolute atomic E-state index is 0.262. The number of rotatable bonds is 9. The lowest BCUT2D eigenvalue weighted by atomic mass is 9.63. The molecular weight excluding hydrogens is 423 g/mol. The van der Waals surface area contributed by atoms with Gasteiger partial charge in [0.1, 0.15) is 11.6 Å². The van der Waals surface area contributed by atoms with Gasteiger partial charge in [-0.3, -0.25) is 0 Å². The van der Waals surface area contributed by atoms with E-state index in [2.05, 4.69) is 6.92 Å². The van der Waals surface area contributed by atoms with E-state index in [1.165, 1.54) is 70.3 Å². The van der Waals surface area contributed by atoms with Gasteiger partial charge in [-0.1, -0.05) is 75.6 Å². The third-order valence-corrected chi connectivity index (χ3v) is 8.35. The highest BCUT2D eigenvalue weighted by Crippen LogP contribution is 2.48. The van der Waals surface area contributed by atoms with Crippen LogP contribution < -0.4 is 4.74 Å². The Labute approximate surface area is 205 Å². The van der Waals surface area contributed by atoms with E-state index in [9.17, 15) is 4.79 Å². The van der Waals surface area contributed by atoms with Gasteiger partial charge in [0.05, 0.1) is 5.56 Å². The topological polar surface area (TPSA) is 26.3 Å². The van der Waals surface area contributed by atoms with E-state index in [4.69, 9.17) is 4.74 Å². The van der Waals surface area contributed by atoms with E-state index in [0.29, 0.717) is 5.75 Å². The SMILES string of the molecule is CCCCCCC[C@H]1CC[C@@H]2CC(c3ccc(C(=O)Oc4ccc(C)cc4)cc3F)CC[C@H]2C1. The van der Waals surface area contributed by atoms with Crippen molar-refractivity contribution in [3.05, 3.63) is 65.0 Å². The fraction of sp³-hybridized carbons (Fsp3) is 0.581. The van der Waals surface area contributed by atoms with E-state index in [-0.39, 0.29) is 17.3 Å². The van der Waals surface area contributed by atoms with E-state index in [0.717, 1.165) is 41.7 Å². The maximum Gasteiger partial charge on any atom is 0.343 e. The lowest BCUT2D eigenvalue weighted by molar-refractivity contribution is 0.0734. The molecule has 2 aromatic carbocycles. The van der Waals surface area contributed by atoms with Crippen molar-refractivity contribution >= 4 is 5.97 Å². The van der Waals surface area contributed by atoms with E-state index < -0.39 is 5.97 Å². The average Bonchev–Trinajstić information content (AvgIpc) is 2.85. The van der Waals surface area contributed by atoms with E-state index >= 15 is 4.39 Å². The lowest BCUT2D eigenvalue weighted by Gasteiger charge is -2.42. The molecular formula is C31H41FO2. The highest BCUT2D eigenvalue weighted by atomic mass is 19.1. The van der Waals surface area contributed by atoms with Crippen LogP contribution in [0, 0.1) is 30.5 Å². The van der Waals surface area contributed by atoms with Crippen LogP contribution in [0.2, 0.25) is 0 Å². The third kappa shape index (κ3) is 6.49. The number of hydrogen-bond acceptors (Lipinski definition) is 2. The van der Waals surface area contributed by atoms with Crippen LogP contribution in [0.5, 0.6) is 5.75 Å². The minimum Gasteiger partial charge on any atom is -0.423 e. The molecule has 4 rings (SSSR count). The molecule has 2 aromatic rings. The Morgan fingerprint density at radius 1 is 0.912 bits per heavy atom. The van der Waals surface area contributed by atoms with Gasteiger partial charge in [0.25, 0.3) is 0 Å². The van der Waals surface area contributed by atoms with Gasteiger partial charge in [-0.05, 0) is 92.5 Å². The van der Waals surface area contributed by atoms with Crippen molar-refractivity contribution in [1.29, 1.82) is 0 Å². The first-order chi connectivity index (χ1) is 16.5. The molecule has 0 heterocycles. The summed E-state index contributed by atoms with van der Waals surface area (Å²) in [7, 11) is 0. The monoisotopic (exact) mass is 464 g/mol. The number of ether oxygens (including phenoxy) is 1. The molecule has 1 unspecified atom stereocenters. The van der Waals surface area contributed by atoms with Crippen LogP contribution in [-0.2, 0) is 0 Å². The molecule has 4 atom stereocenters. The van der Waals surface area contributed by atoms with Gasteiger partial charge < -0.3 is 4.74 Å². The van der Waals surface area contributed by atoms with Crippen molar-refractivity contribution in [3.63, 3.8) is 0 Å². The Morgan fingerprint density at radius 3 is 2.41 bits per heavy atom. The third-order valence-electron chi connectivity index (χ3n) is 8.35. The normalized spacial score (nSPS) is 24.4. The number of unbranched alkanes of at least 4 members (excludes halogenated alkanes) is 4. The van der Waals surface area contributed by atoms with Gasteiger partial charge in [-0.25, -0.2) is 9.18 Å². The lowest BCUT2D eigenvalue weighted by Crippen LogP contribution is -2.30. The summed E-state index contributed by atoms with van der Waals surface area (Å²) in [5.74, 6) is 2.46. The summed E-state index contributed by atoms with van der Waals surface area (Å²) >= 11 is 0. The second-order valence-corrected chi connectivity index (χ2v) is 10.9. The Hall–Kier alpha value is -2.16. The van der Waals surface area contributed by atoms with Crippen molar-refractivity contribution in [2.75, 3.05) is 0 Å². The molecule has 34 heavy (non-hydrogen) atoms. The van der Waals surface area contributed by atoms with Crippen molar-refractivity contribution in [2.45, 2.75) is 96.8 Å². The van der Waals surface area contributed by atoms with E-state index in [1.807, 2.05) is 25.1 Å². The van der Waals surface area contributed by atoms with Gasteiger partial charge in [-0.2, -0.15) is 0 Å². The highest BCUT2D eigenvalue weighted by molar-refractivity contribution is 5.91. The first kappa shape index (κ1) is 24.9. The molecule has 184 valence electrons. The number of benzene rings is 2. The number of esters is 1. The van der Waals surface area contributed by atoms with Gasteiger partial charge >= 0.3 is 5.97 Å². The average molecular weight is 465 g/mol. The Balaban J connectivity index is 1.29. The molecule has 2 aliphatic carbocycles. The zero-order chi connectivity index (χ0) is 23.9. The van der Waals surface area contributed by atoms with Crippen molar-refractivity contribution in [2.24, 2.45) is 17.8 Å². The second-order valence-electron chi connectivity index (χ2n) is 10.9. The molecule has 2 aliphatic rings. The molecule has 0 bridgehead atoms. The van der Waals surface area contributed by atoms with Gasteiger partial charge in [0.15, 0.2) is 0 Å². The van der Waals surface area contributed by atoms with Crippen LogP contribution in [0.3, 0.4) is 0 Å². The molecule has 0 spiro atoms. The number of carbonyl (C=O) groups excluding carboxylic acids is 1. The maximum absolute atomic E-state index is 15.1. The van der Waals surface area contributed by atoms with Crippen molar-refractivity contribution in [3.8, 4) is 5.75 Å². The number of halogens is 1. The molecule has 0 amide bonds. The van der Waals surface area contributed by atoms with Gasteiger partial charge in [0.2, 0.25) is 0 Å². The molecule has 0 radical (unpaired) electrons. The molecule has 2 saturated carbocycles. The summed E-state index contributed by atoms with van der Waals surface area (Å²) in [5, 5.41) is 0. The van der Waals surface area contributed by atoms with Crippen LogP contribution in [-0.4, -0.2) is 5.97 Å².